The maximum Gasteiger partial charge on any atom is 0.228 e. The zero-order valence-corrected chi connectivity index (χ0v) is 12.5. The molecule has 0 aliphatic carbocycles. The van der Waals surface area contributed by atoms with Gasteiger partial charge < -0.3 is 0 Å². The first kappa shape index (κ1) is 15.2. The Morgan fingerprint density at radius 1 is 1.00 bits per heavy atom. The van der Waals surface area contributed by atoms with Crippen molar-refractivity contribution in [3.63, 3.8) is 0 Å². The van der Waals surface area contributed by atoms with Crippen molar-refractivity contribution in [2.24, 2.45) is 0 Å². The van der Waals surface area contributed by atoms with E-state index in [2.05, 4.69) is 0 Å². The van der Waals surface area contributed by atoms with Gasteiger partial charge in [-0.2, -0.15) is 9.57 Å². The molecule has 0 aliphatic rings. The Kier molecular flexibility index (Phi) is 4.73. The fraction of sp³-hybridized carbons (Fsp3) is 0.188. The average molecular weight is 300 g/mol. The second kappa shape index (κ2) is 6.53. The lowest BCUT2D eigenvalue weighted by Crippen LogP contribution is -2.33. The number of nitrogens with zero attached hydrogens (tertiary/aromatic N) is 2. The summed E-state index contributed by atoms with van der Waals surface area (Å²) in [6.07, 6.45) is 0. The molecule has 0 spiro atoms. The molecule has 0 atom stereocenters. The van der Waals surface area contributed by atoms with Crippen LogP contribution in [-0.2, 0) is 10.0 Å². The molecule has 21 heavy (non-hydrogen) atoms. The van der Waals surface area contributed by atoms with Crippen LogP contribution in [-0.4, -0.2) is 25.5 Å². The van der Waals surface area contributed by atoms with E-state index in [9.17, 15) is 8.42 Å². The SMILES string of the molecule is CN(C(c1ccccc1)c1ccccc1)S(=O)(=O)CC#N. The number of hydrogen-bond donors (Lipinski definition) is 0. The molecule has 4 nitrogen and oxygen atoms in total. The summed E-state index contributed by atoms with van der Waals surface area (Å²) >= 11 is 0. The minimum absolute atomic E-state index is 0.439. The molecular formula is C16H16N2O2S. The highest BCUT2D eigenvalue weighted by molar-refractivity contribution is 7.89. The molecule has 108 valence electrons. The molecule has 2 rings (SSSR count). The quantitative estimate of drug-likeness (QED) is 0.852. The minimum Gasteiger partial charge on any atom is -0.211 e. The third kappa shape index (κ3) is 3.48. The van der Waals surface area contributed by atoms with Crippen molar-refractivity contribution in [2.75, 3.05) is 12.8 Å². The Balaban J connectivity index is 2.50. The zero-order chi connectivity index (χ0) is 15.3. The molecule has 0 aromatic heterocycles. The average Bonchev–Trinajstić information content (AvgIpc) is 2.49. The summed E-state index contributed by atoms with van der Waals surface area (Å²) in [5.41, 5.74) is 1.74. The Hall–Kier alpha value is -2.16. The lowest BCUT2D eigenvalue weighted by Gasteiger charge is -2.27. The van der Waals surface area contributed by atoms with Crippen LogP contribution in [0.4, 0.5) is 0 Å². The first-order valence-corrected chi connectivity index (χ1v) is 8.10. The lowest BCUT2D eigenvalue weighted by atomic mass is 9.99. The van der Waals surface area contributed by atoms with E-state index >= 15 is 0 Å². The van der Waals surface area contributed by atoms with E-state index in [-0.39, 0.29) is 0 Å². The van der Waals surface area contributed by atoms with Gasteiger partial charge in [0.1, 0.15) is 0 Å². The van der Waals surface area contributed by atoms with Crippen LogP contribution in [0.25, 0.3) is 0 Å². The first-order valence-electron chi connectivity index (χ1n) is 6.49. The molecule has 0 saturated heterocycles. The summed E-state index contributed by atoms with van der Waals surface area (Å²) in [5, 5.41) is 8.72. The van der Waals surface area contributed by atoms with Gasteiger partial charge in [-0.25, -0.2) is 8.42 Å². The van der Waals surface area contributed by atoms with Gasteiger partial charge in [0.05, 0.1) is 12.1 Å². The highest BCUT2D eigenvalue weighted by Gasteiger charge is 2.28. The zero-order valence-electron chi connectivity index (χ0n) is 11.7. The standard InChI is InChI=1S/C16H16N2O2S/c1-18(21(19,20)13-12-17)16(14-8-4-2-5-9-14)15-10-6-3-7-11-15/h2-11,16H,13H2,1H3. The molecule has 5 heteroatoms. The monoisotopic (exact) mass is 300 g/mol. The Morgan fingerprint density at radius 2 is 1.43 bits per heavy atom. The van der Waals surface area contributed by atoms with E-state index in [0.29, 0.717) is 0 Å². The van der Waals surface area contributed by atoms with Crippen molar-refractivity contribution in [2.45, 2.75) is 6.04 Å². The fourth-order valence-corrected chi connectivity index (χ4v) is 3.16. The van der Waals surface area contributed by atoms with Crippen LogP contribution in [0.3, 0.4) is 0 Å². The first-order chi connectivity index (χ1) is 10.1. The third-order valence-electron chi connectivity index (χ3n) is 3.28. The van der Waals surface area contributed by atoms with Crippen LogP contribution < -0.4 is 0 Å². The van der Waals surface area contributed by atoms with Crippen LogP contribution in [0, 0.1) is 11.3 Å². The van der Waals surface area contributed by atoms with Crippen molar-refractivity contribution in [3.8, 4) is 6.07 Å². The van der Waals surface area contributed by atoms with Gasteiger partial charge in [-0.15, -0.1) is 0 Å². The lowest BCUT2D eigenvalue weighted by molar-refractivity contribution is 0.420. The molecule has 0 aliphatic heterocycles. The molecule has 0 saturated carbocycles. The van der Waals surface area contributed by atoms with Gasteiger partial charge in [-0.05, 0) is 11.1 Å². The van der Waals surface area contributed by atoms with Gasteiger partial charge in [0.2, 0.25) is 10.0 Å². The summed E-state index contributed by atoms with van der Waals surface area (Å²) in [6.45, 7) is 0. The summed E-state index contributed by atoms with van der Waals surface area (Å²) in [4.78, 5) is 0. The Labute approximate surface area is 125 Å². The van der Waals surface area contributed by atoms with Crippen molar-refractivity contribution >= 4 is 10.0 Å². The normalized spacial score (nSPS) is 11.5. The Morgan fingerprint density at radius 3 is 1.81 bits per heavy atom. The van der Waals surface area contributed by atoms with Gasteiger partial charge in [-0.3, -0.25) is 0 Å². The van der Waals surface area contributed by atoms with Gasteiger partial charge in [0.25, 0.3) is 0 Å². The molecule has 2 aromatic carbocycles. The molecule has 0 radical (unpaired) electrons. The van der Waals surface area contributed by atoms with E-state index in [1.807, 2.05) is 60.7 Å². The van der Waals surface area contributed by atoms with Gasteiger partial charge in [-0.1, -0.05) is 60.7 Å². The second-order valence-electron chi connectivity index (χ2n) is 4.65. The number of hydrogen-bond acceptors (Lipinski definition) is 3. The van der Waals surface area contributed by atoms with E-state index in [1.54, 1.807) is 6.07 Å². The van der Waals surface area contributed by atoms with Crippen molar-refractivity contribution in [1.29, 1.82) is 5.26 Å². The largest absolute Gasteiger partial charge is 0.228 e. The molecule has 0 amide bonds. The van der Waals surface area contributed by atoms with Crippen LogP contribution in [0.15, 0.2) is 60.7 Å². The molecule has 0 unspecified atom stereocenters. The molecule has 0 N–H and O–H groups in total. The number of nitriles is 1. The van der Waals surface area contributed by atoms with E-state index in [1.165, 1.54) is 11.4 Å². The summed E-state index contributed by atoms with van der Waals surface area (Å²) in [6, 6.07) is 20.1. The maximum atomic E-state index is 12.2. The second-order valence-corrected chi connectivity index (χ2v) is 6.68. The number of sulfonamides is 1. The summed E-state index contributed by atoms with van der Waals surface area (Å²) in [7, 11) is -2.12. The van der Waals surface area contributed by atoms with Crippen molar-refractivity contribution in [1.82, 2.24) is 4.31 Å². The molecule has 2 aromatic rings. The number of rotatable bonds is 5. The van der Waals surface area contributed by atoms with E-state index < -0.39 is 21.8 Å². The van der Waals surface area contributed by atoms with Crippen LogP contribution in [0.2, 0.25) is 0 Å². The third-order valence-corrected chi connectivity index (χ3v) is 4.86. The van der Waals surface area contributed by atoms with Crippen LogP contribution in [0.5, 0.6) is 0 Å². The molecule has 0 fully saturated rings. The van der Waals surface area contributed by atoms with Crippen molar-refractivity contribution < 1.29 is 8.42 Å². The summed E-state index contributed by atoms with van der Waals surface area (Å²) < 4.78 is 25.7. The molecule has 0 bridgehead atoms. The Bertz CT molecular complexity index is 682. The minimum atomic E-state index is -3.63. The highest BCUT2D eigenvalue weighted by atomic mass is 32.2. The highest BCUT2D eigenvalue weighted by Crippen LogP contribution is 2.29. The van der Waals surface area contributed by atoms with Gasteiger partial charge >= 0.3 is 0 Å². The van der Waals surface area contributed by atoms with Crippen molar-refractivity contribution in [3.05, 3.63) is 71.8 Å². The van der Waals surface area contributed by atoms with E-state index in [4.69, 9.17) is 5.26 Å². The predicted octanol–water partition coefficient (Wildman–Crippen LogP) is 2.56. The summed E-state index contributed by atoms with van der Waals surface area (Å²) in [5.74, 6) is -0.528. The maximum absolute atomic E-state index is 12.2. The van der Waals surface area contributed by atoms with E-state index in [0.717, 1.165) is 11.1 Å². The molecular weight excluding hydrogens is 284 g/mol. The number of benzene rings is 2. The predicted molar refractivity (Wildman–Crippen MR) is 81.9 cm³/mol. The van der Waals surface area contributed by atoms with Gasteiger partial charge in [0, 0.05) is 7.05 Å². The van der Waals surface area contributed by atoms with Gasteiger partial charge in [0.15, 0.2) is 5.75 Å². The molecule has 0 heterocycles. The topological polar surface area (TPSA) is 61.2 Å². The van der Waals surface area contributed by atoms with Crippen LogP contribution in [0.1, 0.15) is 17.2 Å². The van der Waals surface area contributed by atoms with Crippen LogP contribution >= 0.6 is 0 Å². The smallest absolute Gasteiger partial charge is 0.211 e. The fourth-order valence-electron chi connectivity index (χ4n) is 2.23.